The number of anilines is 1. The van der Waals surface area contributed by atoms with Crippen molar-refractivity contribution in [3.8, 4) is 0 Å². The molecule has 0 radical (unpaired) electrons. The lowest BCUT2D eigenvalue weighted by Gasteiger charge is -2.06. The molecule has 4 rings (SSSR count). The van der Waals surface area contributed by atoms with Crippen LogP contribution in [-0.4, -0.2) is 38.0 Å². The molecular weight excluding hydrogens is 478 g/mol. The highest BCUT2D eigenvalue weighted by Gasteiger charge is 2.24. The third-order valence-corrected chi connectivity index (χ3v) is 5.27. The van der Waals surface area contributed by atoms with Crippen molar-refractivity contribution in [2.45, 2.75) is 39.8 Å². The van der Waals surface area contributed by atoms with Gasteiger partial charge in [-0.05, 0) is 26.3 Å². The number of carbonyl (C=O) groups excluding carboxylic acids is 2. The Bertz CT molecular complexity index is 1550. The summed E-state index contributed by atoms with van der Waals surface area (Å²) in [5.41, 5.74) is 6.47. The summed E-state index contributed by atoms with van der Waals surface area (Å²) in [4.78, 5) is 55.0. The number of non-ortho nitro benzene ring substituents is 1. The van der Waals surface area contributed by atoms with E-state index in [1.807, 2.05) is 0 Å². The number of nitrogens with two attached hydrogens (primary N) is 1. The second-order valence-electron chi connectivity index (χ2n) is 7.65. The van der Waals surface area contributed by atoms with Crippen LogP contribution in [0.4, 0.5) is 11.5 Å². The normalized spacial score (nSPS) is 11.2. The maximum atomic E-state index is 12.2. The number of nitro groups is 1. The van der Waals surface area contributed by atoms with Crippen LogP contribution in [0.25, 0.3) is 22.2 Å². The second-order valence-corrected chi connectivity index (χ2v) is 7.65. The number of nitrogens with zero attached hydrogens (tertiary/aromatic N) is 4. The molecule has 4 aromatic rings. The number of hydrogen-bond acceptors (Lipinski definition) is 12. The van der Waals surface area contributed by atoms with E-state index < -0.39 is 22.6 Å². The maximum absolute atomic E-state index is 12.2. The van der Waals surface area contributed by atoms with Crippen LogP contribution >= 0.6 is 0 Å². The number of hydrogen-bond donors (Lipinski definition) is 1. The number of ether oxygens (including phenoxy) is 2. The van der Waals surface area contributed by atoms with Crippen molar-refractivity contribution < 1.29 is 32.8 Å². The first kappa shape index (κ1) is 24.4. The third kappa shape index (κ3) is 4.73. The van der Waals surface area contributed by atoms with Crippen molar-refractivity contribution >= 4 is 45.6 Å². The number of oxazole rings is 1. The molecule has 0 amide bonds. The maximum Gasteiger partial charge on any atom is 0.419 e. The van der Waals surface area contributed by atoms with Gasteiger partial charge < -0.3 is 24.0 Å². The Kier molecular flexibility index (Phi) is 6.67. The predicted molar refractivity (Wildman–Crippen MR) is 123 cm³/mol. The summed E-state index contributed by atoms with van der Waals surface area (Å²) >= 11 is 0. The number of fused-ring (bicyclic) bond motifs is 2. The van der Waals surface area contributed by atoms with Gasteiger partial charge in [0.25, 0.3) is 5.69 Å². The van der Waals surface area contributed by atoms with Gasteiger partial charge in [-0.25, -0.2) is 14.6 Å². The molecule has 188 valence electrons. The molecule has 14 nitrogen and oxygen atoms in total. The molecule has 0 bridgehead atoms. The number of furan rings is 1. The van der Waals surface area contributed by atoms with Gasteiger partial charge in [0.2, 0.25) is 5.71 Å². The van der Waals surface area contributed by atoms with Crippen LogP contribution in [0, 0.1) is 17.0 Å². The lowest BCUT2D eigenvalue weighted by Crippen LogP contribution is -2.15. The van der Waals surface area contributed by atoms with E-state index in [0.717, 1.165) is 0 Å². The molecule has 36 heavy (non-hydrogen) atoms. The van der Waals surface area contributed by atoms with E-state index in [1.54, 1.807) is 13.8 Å². The zero-order valence-corrected chi connectivity index (χ0v) is 19.3. The Morgan fingerprint density at radius 3 is 2.72 bits per heavy atom. The van der Waals surface area contributed by atoms with Gasteiger partial charge in [-0.3, -0.25) is 19.5 Å². The minimum atomic E-state index is -0.688. The van der Waals surface area contributed by atoms with Gasteiger partial charge in [0.15, 0.2) is 18.0 Å². The number of nitro benzene ring substituents is 1. The van der Waals surface area contributed by atoms with Crippen LogP contribution in [0.2, 0.25) is 0 Å². The van der Waals surface area contributed by atoms with Gasteiger partial charge in [0.1, 0.15) is 17.1 Å². The number of nitrogen functional groups attached to an aromatic ring is 1. The molecule has 1 aromatic carbocycles. The molecule has 0 saturated heterocycles. The van der Waals surface area contributed by atoms with Gasteiger partial charge in [-0.2, -0.15) is 4.98 Å². The quantitative estimate of drug-likeness (QED) is 0.201. The minimum Gasteiger partial charge on any atom is -0.462 e. The van der Waals surface area contributed by atoms with Gasteiger partial charge >= 0.3 is 17.7 Å². The molecule has 0 aliphatic rings. The number of benzene rings is 1. The third-order valence-electron chi connectivity index (χ3n) is 5.27. The van der Waals surface area contributed by atoms with Crippen molar-refractivity contribution in [2.75, 3.05) is 12.3 Å². The van der Waals surface area contributed by atoms with Crippen molar-refractivity contribution in [3.05, 3.63) is 56.0 Å². The number of aryl methyl sites for hydroxylation is 2. The molecule has 0 unspecified atom stereocenters. The highest BCUT2D eigenvalue weighted by atomic mass is 16.6. The minimum absolute atomic E-state index is 0.0163. The molecule has 0 atom stereocenters. The molecule has 0 aliphatic carbocycles. The number of esters is 2. The summed E-state index contributed by atoms with van der Waals surface area (Å²) in [6.45, 7) is 3.27. The fraction of sp³-hybridized carbons (Fsp3) is 0.318. The Morgan fingerprint density at radius 1 is 1.22 bits per heavy atom. The summed E-state index contributed by atoms with van der Waals surface area (Å²) in [5, 5.41) is 11.1. The largest absolute Gasteiger partial charge is 0.462 e. The van der Waals surface area contributed by atoms with Crippen LogP contribution < -0.4 is 11.5 Å². The summed E-state index contributed by atoms with van der Waals surface area (Å²) in [6, 6.07) is 3.85. The lowest BCUT2D eigenvalue weighted by atomic mass is 10.2. The molecule has 0 spiro atoms. The van der Waals surface area contributed by atoms with Gasteiger partial charge in [0.05, 0.1) is 28.5 Å². The van der Waals surface area contributed by atoms with Crippen molar-refractivity contribution in [1.82, 2.24) is 14.5 Å². The SMILES string of the molecule is CCOC(=O)c1c(C)oc2nc(COC(=O)CCCn3c(=O)oc4cc([N+](=O)[O-])ccc43)nc(N)c12. The van der Waals surface area contributed by atoms with Crippen LogP contribution in [0.15, 0.2) is 31.8 Å². The standard InChI is InChI=1S/C22H21N5O9/c1-3-33-21(29)17-11(2)35-20-18(17)19(23)24-15(25-20)10-34-16(28)5-4-8-26-13-7-6-12(27(31)32)9-14(13)36-22(26)30/h6-7,9H,3-5,8,10H2,1-2H3,(H2,23,24,25). The van der Waals surface area contributed by atoms with Gasteiger partial charge in [-0.1, -0.05) is 0 Å². The Balaban J connectivity index is 1.37. The first-order valence-corrected chi connectivity index (χ1v) is 10.9. The highest BCUT2D eigenvalue weighted by molar-refractivity contribution is 6.07. The Morgan fingerprint density at radius 2 is 2.00 bits per heavy atom. The monoisotopic (exact) mass is 499 g/mol. The van der Waals surface area contributed by atoms with Crippen LogP contribution in [0.3, 0.4) is 0 Å². The van der Waals surface area contributed by atoms with E-state index in [-0.39, 0.29) is 77.9 Å². The first-order valence-electron chi connectivity index (χ1n) is 10.9. The molecule has 14 heteroatoms. The fourth-order valence-corrected chi connectivity index (χ4v) is 3.68. The van der Waals surface area contributed by atoms with Gasteiger partial charge in [-0.15, -0.1) is 0 Å². The van der Waals surface area contributed by atoms with E-state index in [2.05, 4.69) is 9.97 Å². The predicted octanol–water partition coefficient (Wildman–Crippen LogP) is 2.63. The molecular formula is C22H21N5O9. The zero-order valence-electron chi connectivity index (χ0n) is 19.3. The Hall–Kier alpha value is -4.75. The van der Waals surface area contributed by atoms with Gasteiger partial charge in [0, 0.05) is 19.0 Å². The summed E-state index contributed by atoms with van der Waals surface area (Å²) in [6.07, 6.45) is 0.212. The molecule has 0 fully saturated rings. The lowest BCUT2D eigenvalue weighted by molar-refractivity contribution is -0.384. The molecule has 3 heterocycles. The first-order chi connectivity index (χ1) is 17.2. The smallest absolute Gasteiger partial charge is 0.419 e. The number of aromatic nitrogens is 3. The van der Waals surface area contributed by atoms with Crippen molar-refractivity contribution in [2.24, 2.45) is 0 Å². The van der Waals surface area contributed by atoms with Crippen molar-refractivity contribution in [3.63, 3.8) is 0 Å². The molecule has 0 aliphatic heterocycles. The molecule has 3 aromatic heterocycles. The zero-order chi connectivity index (χ0) is 26.0. The average Bonchev–Trinajstić information content (AvgIpc) is 3.33. The summed E-state index contributed by atoms with van der Waals surface area (Å²) in [5.74, 6) is -1.53. The molecule has 0 saturated carbocycles. The topological polar surface area (TPSA) is 196 Å². The molecule has 2 N–H and O–H groups in total. The van der Waals surface area contributed by atoms with Crippen LogP contribution in [0.5, 0.6) is 0 Å². The number of carbonyl (C=O) groups is 2. The highest BCUT2D eigenvalue weighted by Crippen LogP contribution is 2.29. The van der Waals surface area contributed by atoms with E-state index in [9.17, 15) is 24.5 Å². The van der Waals surface area contributed by atoms with E-state index in [1.165, 1.54) is 22.8 Å². The van der Waals surface area contributed by atoms with Crippen LogP contribution in [0.1, 0.15) is 41.7 Å². The number of rotatable bonds is 9. The second kappa shape index (κ2) is 9.85. The summed E-state index contributed by atoms with van der Waals surface area (Å²) < 4.78 is 22.1. The Labute approximate surface area is 201 Å². The van der Waals surface area contributed by atoms with E-state index >= 15 is 0 Å². The van der Waals surface area contributed by atoms with E-state index in [0.29, 0.717) is 5.52 Å². The van der Waals surface area contributed by atoms with Crippen LogP contribution in [-0.2, 0) is 27.4 Å². The fourth-order valence-electron chi connectivity index (χ4n) is 3.68. The van der Waals surface area contributed by atoms with E-state index in [4.69, 9.17) is 24.0 Å². The van der Waals surface area contributed by atoms with Crippen molar-refractivity contribution in [1.29, 1.82) is 0 Å². The summed E-state index contributed by atoms with van der Waals surface area (Å²) in [7, 11) is 0. The average molecular weight is 499 g/mol.